The number of ether oxygens (including phenoxy) is 2. The third kappa shape index (κ3) is 6.44. The van der Waals surface area contributed by atoms with Crippen molar-refractivity contribution in [1.82, 2.24) is 14.8 Å². The lowest BCUT2D eigenvalue weighted by atomic mass is 9.99. The van der Waals surface area contributed by atoms with E-state index in [0.717, 1.165) is 16.7 Å². The number of hydrogen-bond acceptors (Lipinski definition) is 8. The maximum atomic E-state index is 14.3. The lowest BCUT2D eigenvalue weighted by Crippen LogP contribution is -2.34. The highest BCUT2D eigenvalue weighted by Gasteiger charge is 2.26. The Morgan fingerprint density at radius 2 is 1.86 bits per heavy atom. The van der Waals surface area contributed by atoms with Crippen molar-refractivity contribution >= 4 is 29.1 Å². The van der Waals surface area contributed by atoms with Gasteiger partial charge in [0.1, 0.15) is 17.6 Å². The molecular formula is C27H23ClF3N5O6. The number of nitrogens with zero attached hydrogens (tertiary/aromatic N) is 3. The van der Waals surface area contributed by atoms with Gasteiger partial charge in [0.25, 0.3) is 17.4 Å². The molecule has 2 heterocycles. The van der Waals surface area contributed by atoms with E-state index in [0.29, 0.717) is 0 Å². The van der Waals surface area contributed by atoms with Crippen molar-refractivity contribution < 1.29 is 36.7 Å². The second-order valence-corrected chi connectivity index (χ2v) is 9.22. The Bertz CT molecular complexity index is 1690. The molecule has 0 saturated heterocycles. The first-order valence-corrected chi connectivity index (χ1v) is 12.5. The monoisotopic (exact) mass is 605 g/mol. The summed E-state index contributed by atoms with van der Waals surface area (Å²) in [5.41, 5.74) is 4.80. The van der Waals surface area contributed by atoms with Crippen LogP contribution < -0.4 is 21.3 Å². The fourth-order valence-corrected chi connectivity index (χ4v) is 4.32. The van der Waals surface area contributed by atoms with E-state index in [1.54, 1.807) is 0 Å². The maximum absolute atomic E-state index is 14.3. The predicted molar refractivity (Wildman–Crippen MR) is 145 cm³/mol. The third-order valence-corrected chi connectivity index (χ3v) is 6.36. The molecule has 1 unspecified atom stereocenters. The van der Waals surface area contributed by atoms with Crippen LogP contribution in [0, 0.1) is 5.82 Å². The van der Waals surface area contributed by atoms with E-state index in [-0.39, 0.29) is 57.6 Å². The Morgan fingerprint density at radius 3 is 2.48 bits per heavy atom. The quantitative estimate of drug-likeness (QED) is 0.251. The molecule has 0 aliphatic heterocycles. The molecule has 0 spiro atoms. The number of pyridine rings is 1. The van der Waals surface area contributed by atoms with E-state index >= 15 is 0 Å². The molecule has 2 amide bonds. The zero-order valence-corrected chi connectivity index (χ0v) is 22.8. The van der Waals surface area contributed by atoms with Gasteiger partial charge in [-0.3, -0.25) is 19.0 Å². The number of carbonyl (C=O) groups excluding carboxylic acids is 2. The van der Waals surface area contributed by atoms with Gasteiger partial charge < -0.3 is 24.9 Å². The Labute approximate surface area is 241 Å². The number of nitrogens with two attached hydrogens (primary N) is 1. The van der Waals surface area contributed by atoms with E-state index in [1.807, 2.05) is 0 Å². The zero-order valence-electron chi connectivity index (χ0n) is 22.1. The van der Waals surface area contributed by atoms with Gasteiger partial charge in [0.15, 0.2) is 0 Å². The molecule has 1 atom stereocenters. The Kier molecular flexibility index (Phi) is 9.28. The molecule has 42 heavy (non-hydrogen) atoms. The molecule has 0 radical (unpaired) electrons. The van der Waals surface area contributed by atoms with Gasteiger partial charge in [0.05, 0.1) is 18.9 Å². The molecule has 0 bridgehead atoms. The number of primary amides is 1. The lowest BCUT2D eigenvalue weighted by molar-refractivity contribution is -0.119. The summed E-state index contributed by atoms with van der Waals surface area (Å²) in [6.07, 6.45) is -1.67. The van der Waals surface area contributed by atoms with Crippen LogP contribution in [0.1, 0.15) is 35.1 Å². The van der Waals surface area contributed by atoms with E-state index in [4.69, 9.17) is 31.2 Å². The number of amides is 2. The van der Waals surface area contributed by atoms with Crippen LogP contribution >= 0.6 is 11.6 Å². The summed E-state index contributed by atoms with van der Waals surface area (Å²) in [5, 5.41) is 9.80. The molecule has 4 rings (SSSR count). The summed E-state index contributed by atoms with van der Waals surface area (Å²) in [5.74, 6) is -3.61. The van der Waals surface area contributed by atoms with Gasteiger partial charge in [-0.15, -0.1) is 10.2 Å². The van der Waals surface area contributed by atoms with Gasteiger partial charge in [0, 0.05) is 48.0 Å². The number of nitrogens with one attached hydrogen (secondary N) is 1. The van der Waals surface area contributed by atoms with Crippen LogP contribution in [0.15, 0.2) is 57.9 Å². The van der Waals surface area contributed by atoms with Crippen molar-refractivity contribution in [3.05, 3.63) is 81.3 Å². The highest BCUT2D eigenvalue weighted by molar-refractivity contribution is 6.31. The van der Waals surface area contributed by atoms with Gasteiger partial charge in [0.2, 0.25) is 11.8 Å². The Balaban J connectivity index is 1.76. The number of carbonyl (C=O) groups is 2. The molecule has 4 aromatic rings. The lowest BCUT2D eigenvalue weighted by Gasteiger charge is -2.21. The molecule has 0 aliphatic rings. The number of anilines is 1. The molecule has 0 fully saturated rings. The molecule has 3 N–H and O–H groups in total. The number of halogens is 4. The standard InChI is InChI=1S/C27H23ClF3N5O6/c1-40-8-7-20(25(39)33-14-4-6-16(24(32)38)19(29)10-14)36-12-21(41-2)18(11-22(36)37)17-9-13(28)3-5-15(17)26-34-35-27(42-26)23(30)31/h3-6,9-12,20,23H,7-8H2,1-2H3,(H2,32,38)(H,33,39). The SMILES string of the molecule is COCCC(C(=O)Nc1ccc(C(N)=O)c(F)c1)n1cc(OC)c(-c2cc(Cl)ccc2-c2nnc(C(F)F)o2)cc1=O. The maximum Gasteiger partial charge on any atom is 0.314 e. The van der Waals surface area contributed by atoms with Crippen LogP contribution in [0.25, 0.3) is 22.6 Å². The third-order valence-electron chi connectivity index (χ3n) is 6.13. The molecule has 0 aliphatic carbocycles. The van der Waals surface area contributed by atoms with Gasteiger partial charge in [-0.2, -0.15) is 8.78 Å². The van der Waals surface area contributed by atoms with E-state index in [1.165, 1.54) is 50.7 Å². The topological polar surface area (TPSA) is 152 Å². The summed E-state index contributed by atoms with van der Waals surface area (Å²) in [4.78, 5) is 38.1. The van der Waals surface area contributed by atoms with E-state index < -0.39 is 41.5 Å². The van der Waals surface area contributed by atoms with E-state index in [9.17, 15) is 27.6 Å². The van der Waals surface area contributed by atoms with E-state index in [2.05, 4.69) is 15.5 Å². The number of rotatable bonds is 11. The molecule has 15 heteroatoms. The molecule has 2 aromatic heterocycles. The predicted octanol–water partition coefficient (Wildman–Crippen LogP) is 4.62. The molecule has 2 aromatic carbocycles. The largest absolute Gasteiger partial charge is 0.495 e. The van der Waals surface area contributed by atoms with Crippen LogP contribution in [0.2, 0.25) is 5.02 Å². The molecule has 11 nitrogen and oxygen atoms in total. The number of aromatic nitrogens is 3. The Hall–Kier alpha value is -4.69. The summed E-state index contributed by atoms with van der Waals surface area (Å²) in [6, 6.07) is 7.76. The average molecular weight is 606 g/mol. The fraction of sp³-hybridized carbons (Fsp3) is 0.222. The van der Waals surface area contributed by atoms with Crippen molar-refractivity contribution in [3.8, 4) is 28.3 Å². The first-order chi connectivity index (χ1) is 20.0. The number of methoxy groups -OCH3 is 2. The van der Waals surface area contributed by atoms with Crippen LogP contribution in [-0.4, -0.2) is 47.4 Å². The summed E-state index contributed by atoms with van der Waals surface area (Å²) >= 11 is 6.21. The van der Waals surface area contributed by atoms with Crippen molar-refractivity contribution in [1.29, 1.82) is 0 Å². The molecular weight excluding hydrogens is 583 g/mol. The van der Waals surface area contributed by atoms with Crippen molar-refractivity contribution in [2.75, 3.05) is 26.1 Å². The molecule has 220 valence electrons. The molecule has 0 saturated carbocycles. The fourth-order valence-electron chi connectivity index (χ4n) is 4.15. The first-order valence-electron chi connectivity index (χ1n) is 12.1. The highest BCUT2D eigenvalue weighted by Crippen LogP contribution is 2.38. The van der Waals surface area contributed by atoms with Crippen molar-refractivity contribution in [3.63, 3.8) is 0 Å². The van der Waals surface area contributed by atoms with Crippen molar-refractivity contribution in [2.24, 2.45) is 5.73 Å². The normalized spacial score (nSPS) is 11.9. The van der Waals surface area contributed by atoms with Crippen LogP contribution in [-0.2, 0) is 9.53 Å². The first kappa shape index (κ1) is 30.3. The number of alkyl halides is 2. The smallest absolute Gasteiger partial charge is 0.314 e. The number of benzene rings is 2. The minimum atomic E-state index is -2.99. The van der Waals surface area contributed by atoms with Gasteiger partial charge in [-0.1, -0.05) is 11.6 Å². The Morgan fingerprint density at radius 1 is 1.10 bits per heavy atom. The summed E-state index contributed by atoms with van der Waals surface area (Å²) in [6.45, 7) is 0.0750. The highest BCUT2D eigenvalue weighted by atomic mass is 35.5. The summed E-state index contributed by atoms with van der Waals surface area (Å²) in [7, 11) is 2.74. The van der Waals surface area contributed by atoms with Crippen molar-refractivity contribution in [2.45, 2.75) is 18.9 Å². The van der Waals surface area contributed by atoms with Gasteiger partial charge in [-0.05, 0) is 42.0 Å². The second-order valence-electron chi connectivity index (χ2n) is 8.78. The van der Waals surface area contributed by atoms with Crippen LogP contribution in [0.3, 0.4) is 0 Å². The second kappa shape index (κ2) is 12.9. The average Bonchev–Trinajstić information content (AvgIpc) is 3.44. The van der Waals surface area contributed by atoms with Gasteiger partial charge in [-0.25, -0.2) is 4.39 Å². The van der Waals surface area contributed by atoms with Gasteiger partial charge >= 0.3 is 6.43 Å². The minimum absolute atomic E-state index is 0.0212. The van der Waals surface area contributed by atoms with Crippen LogP contribution in [0.4, 0.5) is 18.9 Å². The number of hydrogen-bond donors (Lipinski definition) is 2. The minimum Gasteiger partial charge on any atom is -0.495 e. The summed E-state index contributed by atoms with van der Waals surface area (Å²) < 4.78 is 57.3. The zero-order chi connectivity index (χ0) is 30.6. The van der Waals surface area contributed by atoms with Crippen LogP contribution in [0.5, 0.6) is 5.75 Å².